The first-order chi connectivity index (χ1) is 12.8. The molecule has 0 saturated heterocycles. The van der Waals surface area contributed by atoms with Crippen LogP contribution in [0.25, 0.3) is 0 Å². The van der Waals surface area contributed by atoms with Crippen molar-refractivity contribution in [3.63, 3.8) is 0 Å². The molecule has 3 rings (SSSR count). The van der Waals surface area contributed by atoms with E-state index in [1.807, 2.05) is 12.3 Å². The van der Waals surface area contributed by atoms with Crippen molar-refractivity contribution in [2.24, 2.45) is 0 Å². The molecule has 10 heteroatoms. The van der Waals surface area contributed by atoms with E-state index in [1.54, 1.807) is 13.8 Å². The van der Waals surface area contributed by atoms with Crippen molar-refractivity contribution < 1.29 is 19.0 Å². The zero-order chi connectivity index (χ0) is 19.6. The van der Waals surface area contributed by atoms with Gasteiger partial charge in [0.15, 0.2) is 4.34 Å². The highest BCUT2D eigenvalue weighted by Gasteiger charge is 2.21. The van der Waals surface area contributed by atoms with Gasteiger partial charge in [-0.2, -0.15) is 0 Å². The topological polar surface area (TPSA) is 108 Å². The Hall–Kier alpha value is -2.72. The van der Waals surface area contributed by atoms with Crippen LogP contribution in [0.5, 0.6) is 0 Å². The molecule has 0 unspecified atom stereocenters. The van der Waals surface area contributed by atoms with Crippen LogP contribution >= 0.6 is 23.1 Å². The second kappa shape index (κ2) is 7.89. The molecule has 0 spiro atoms. The molecule has 3 aromatic rings. The van der Waals surface area contributed by atoms with Gasteiger partial charge in [0.1, 0.15) is 12.4 Å². The highest BCUT2D eigenvalue weighted by atomic mass is 32.2. The minimum absolute atomic E-state index is 0.0112. The van der Waals surface area contributed by atoms with Crippen LogP contribution in [0.4, 0.5) is 5.69 Å². The Kier molecular flexibility index (Phi) is 5.57. The lowest BCUT2D eigenvalue weighted by atomic mass is 10.2. The van der Waals surface area contributed by atoms with Crippen LogP contribution in [0, 0.1) is 30.9 Å². The number of thiazole rings is 1. The third-order valence-electron chi connectivity index (χ3n) is 3.72. The number of nitro benzene ring substituents is 1. The van der Waals surface area contributed by atoms with Gasteiger partial charge in [0.05, 0.1) is 26.6 Å². The molecule has 140 valence electrons. The number of carbonyl (C=O) groups excluding carboxylic acids is 1. The van der Waals surface area contributed by atoms with Crippen LogP contribution in [-0.2, 0) is 11.3 Å². The Balaban J connectivity index is 1.78. The Labute approximate surface area is 162 Å². The summed E-state index contributed by atoms with van der Waals surface area (Å²) >= 11 is 2.60. The summed E-state index contributed by atoms with van der Waals surface area (Å²) < 4.78 is 11.0. The monoisotopic (exact) mass is 405 g/mol. The molecule has 1 aromatic carbocycles. The van der Waals surface area contributed by atoms with Crippen molar-refractivity contribution in [1.82, 2.24) is 10.1 Å². The number of benzene rings is 1. The minimum atomic E-state index is -0.653. The summed E-state index contributed by atoms with van der Waals surface area (Å²) in [7, 11) is 0. The van der Waals surface area contributed by atoms with Gasteiger partial charge in [0.25, 0.3) is 5.69 Å². The average molecular weight is 405 g/mol. The lowest BCUT2D eigenvalue weighted by molar-refractivity contribution is -0.387. The number of nitrogens with zero attached hydrogens (tertiary/aromatic N) is 3. The van der Waals surface area contributed by atoms with E-state index in [0.29, 0.717) is 26.3 Å². The van der Waals surface area contributed by atoms with E-state index in [0.717, 1.165) is 5.69 Å². The molecule has 27 heavy (non-hydrogen) atoms. The molecular weight excluding hydrogens is 390 g/mol. The van der Waals surface area contributed by atoms with Crippen molar-refractivity contribution in [3.8, 4) is 0 Å². The standard InChI is InChI=1S/C17H15N3O5S2/c1-9-8-26-17(18-9)27-15-5-4-12(6-14(15)20(22)23)16(21)24-7-13-10(2)19-25-11(13)3/h4-6,8H,7H2,1-3H3. The maximum Gasteiger partial charge on any atom is 0.338 e. The quantitative estimate of drug-likeness (QED) is 0.336. The second-order valence-corrected chi connectivity index (χ2v) is 7.82. The molecule has 2 heterocycles. The fourth-order valence-electron chi connectivity index (χ4n) is 2.28. The number of esters is 1. The first-order valence-electron chi connectivity index (χ1n) is 7.82. The Morgan fingerprint density at radius 1 is 1.37 bits per heavy atom. The van der Waals surface area contributed by atoms with Crippen LogP contribution in [0.1, 0.15) is 33.1 Å². The third kappa shape index (κ3) is 4.34. The van der Waals surface area contributed by atoms with Crippen molar-refractivity contribution in [3.05, 3.63) is 62.0 Å². The van der Waals surface area contributed by atoms with E-state index in [2.05, 4.69) is 10.1 Å². The number of hydrogen-bond acceptors (Lipinski definition) is 9. The molecule has 0 aliphatic rings. The number of nitro groups is 1. The van der Waals surface area contributed by atoms with E-state index in [1.165, 1.54) is 41.3 Å². The zero-order valence-corrected chi connectivity index (χ0v) is 16.3. The number of ether oxygens (including phenoxy) is 1. The SMILES string of the molecule is Cc1csc(Sc2ccc(C(=O)OCc3c(C)noc3C)cc2[N+](=O)[O-])n1. The molecule has 0 amide bonds. The molecule has 0 fully saturated rings. The summed E-state index contributed by atoms with van der Waals surface area (Å²) in [6, 6.07) is 4.26. The van der Waals surface area contributed by atoms with Gasteiger partial charge in [-0.25, -0.2) is 9.78 Å². The van der Waals surface area contributed by atoms with Crippen LogP contribution in [-0.4, -0.2) is 21.0 Å². The summed E-state index contributed by atoms with van der Waals surface area (Å²) in [4.78, 5) is 27.9. The molecule has 0 saturated carbocycles. The number of rotatable bonds is 6. The summed E-state index contributed by atoms with van der Waals surface area (Å²) in [5.74, 6) is -0.0866. The maximum absolute atomic E-state index is 12.3. The summed E-state index contributed by atoms with van der Waals surface area (Å²) in [5, 5.41) is 17.1. The fraction of sp³-hybridized carbons (Fsp3) is 0.235. The van der Waals surface area contributed by atoms with E-state index in [-0.39, 0.29) is 17.9 Å². The third-order valence-corrected chi connectivity index (χ3v) is 5.84. The van der Waals surface area contributed by atoms with Crippen LogP contribution in [0.15, 0.2) is 37.3 Å². The van der Waals surface area contributed by atoms with Gasteiger partial charge in [-0.3, -0.25) is 10.1 Å². The predicted octanol–water partition coefficient (Wildman–Crippen LogP) is 4.47. The molecule has 8 nitrogen and oxygen atoms in total. The molecule has 0 aliphatic carbocycles. The highest BCUT2D eigenvalue weighted by molar-refractivity contribution is 8.01. The van der Waals surface area contributed by atoms with Gasteiger partial charge in [-0.15, -0.1) is 11.3 Å². The van der Waals surface area contributed by atoms with Gasteiger partial charge >= 0.3 is 5.97 Å². The van der Waals surface area contributed by atoms with Crippen molar-refractivity contribution in [1.29, 1.82) is 0 Å². The smallest absolute Gasteiger partial charge is 0.338 e. The number of aromatic nitrogens is 2. The number of carbonyl (C=O) groups is 1. The van der Waals surface area contributed by atoms with Crippen molar-refractivity contribution >= 4 is 34.8 Å². The van der Waals surface area contributed by atoms with Gasteiger partial charge in [0, 0.05) is 17.1 Å². The average Bonchev–Trinajstić information content (AvgIpc) is 3.18. The van der Waals surface area contributed by atoms with Crippen molar-refractivity contribution in [2.45, 2.75) is 36.6 Å². The van der Waals surface area contributed by atoms with E-state index >= 15 is 0 Å². The van der Waals surface area contributed by atoms with E-state index < -0.39 is 10.9 Å². The Morgan fingerprint density at radius 3 is 2.74 bits per heavy atom. The van der Waals surface area contributed by atoms with Gasteiger partial charge in [0.2, 0.25) is 0 Å². The molecule has 0 aliphatic heterocycles. The second-order valence-electron chi connectivity index (χ2n) is 5.68. The van der Waals surface area contributed by atoms with Crippen LogP contribution in [0.3, 0.4) is 0 Å². The highest BCUT2D eigenvalue weighted by Crippen LogP contribution is 2.36. The maximum atomic E-state index is 12.3. The normalized spacial score (nSPS) is 10.8. The predicted molar refractivity (Wildman–Crippen MR) is 99.2 cm³/mol. The summed E-state index contributed by atoms with van der Waals surface area (Å²) in [6.07, 6.45) is 0. The van der Waals surface area contributed by atoms with Gasteiger partial charge < -0.3 is 9.26 Å². The minimum Gasteiger partial charge on any atom is -0.457 e. The molecule has 0 N–H and O–H groups in total. The fourth-order valence-corrected chi connectivity index (χ4v) is 4.15. The number of hydrogen-bond donors (Lipinski definition) is 0. The first kappa shape index (κ1) is 19.1. The van der Waals surface area contributed by atoms with E-state index in [4.69, 9.17) is 9.26 Å². The molecule has 0 bridgehead atoms. The van der Waals surface area contributed by atoms with E-state index in [9.17, 15) is 14.9 Å². The molecule has 2 aromatic heterocycles. The lowest BCUT2D eigenvalue weighted by Crippen LogP contribution is -2.07. The molecule has 0 atom stereocenters. The number of aryl methyl sites for hydroxylation is 3. The largest absolute Gasteiger partial charge is 0.457 e. The van der Waals surface area contributed by atoms with Gasteiger partial charge in [-0.05, 0) is 32.9 Å². The Morgan fingerprint density at radius 2 is 2.15 bits per heavy atom. The van der Waals surface area contributed by atoms with Crippen LogP contribution in [0.2, 0.25) is 0 Å². The zero-order valence-electron chi connectivity index (χ0n) is 14.7. The van der Waals surface area contributed by atoms with Gasteiger partial charge in [-0.1, -0.05) is 16.9 Å². The summed E-state index contributed by atoms with van der Waals surface area (Å²) in [5.41, 5.74) is 2.11. The van der Waals surface area contributed by atoms with Crippen molar-refractivity contribution in [2.75, 3.05) is 0 Å². The van der Waals surface area contributed by atoms with Crippen LogP contribution < -0.4 is 0 Å². The summed E-state index contributed by atoms with van der Waals surface area (Å²) in [6.45, 7) is 5.31. The lowest BCUT2D eigenvalue weighted by Gasteiger charge is -2.06. The Bertz CT molecular complexity index is 992. The molecule has 0 radical (unpaired) electrons. The molecular formula is C17H15N3O5S2. The first-order valence-corrected chi connectivity index (χ1v) is 9.52.